The maximum absolute atomic E-state index is 11.5. The number of esters is 1. The van der Waals surface area contributed by atoms with E-state index in [-0.39, 0.29) is 11.8 Å². The molecule has 0 amide bonds. The lowest BCUT2D eigenvalue weighted by atomic mass is 9.98. The van der Waals surface area contributed by atoms with Crippen LogP contribution in [0.4, 0.5) is 0 Å². The van der Waals surface area contributed by atoms with Gasteiger partial charge in [0.1, 0.15) is 5.92 Å². The van der Waals surface area contributed by atoms with Gasteiger partial charge in [0.25, 0.3) is 0 Å². The molecule has 13 heavy (non-hydrogen) atoms. The second-order valence-electron chi connectivity index (χ2n) is 3.19. The minimum absolute atomic E-state index is 0.0771. The summed E-state index contributed by atoms with van der Waals surface area (Å²) in [4.78, 5) is 22.7. The molecule has 0 aromatic carbocycles. The van der Waals surface area contributed by atoms with Crippen molar-refractivity contribution in [1.82, 2.24) is 0 Å². The lowest BCUT2D eigenvalue weighted by Crippen LogP contribution is -2.19. The molecule has 2 atom stereocenters. The van der Waals surface area contributed by atoms with Crippen LogP contribution in [0.2, 0.25) is 0 Å². The Balaban J connectivity index is 2.63. The molecule has 1 fully saturated rings. The van der Waals surface area contributed by atoms with E-state index in [1.165, 1.54) is 0 Å². The minimum Gasteiger partial charge on any atom is -0.454 e. The summed E-state index contributed by atoms with van der Waals surface area (Å²) >= 11 is 0. The van der Waals surface area contributed by atoms with Crippen molar-refractivity contribution in [3.8, 4) is 0 Å². The van der Waals surface area contributed by atoms with Gasteiger partial charge in [0, 0.05) is 0 Å². The van der Waals surface area contributed by atoms with Crippen LogP contribution in [0.5, 0.6) is 0 Å². The van der Waals surface area contributed by atoms with E-state index in [0.29, 0.717) is 12.8 Å². The SMILES string of the molecule is C=CC[C@H]1C(=O)O[C@@H](CCC)C1=O. The number of ether oxygens (including phenoxy) is 1. The Hall–Kier alpha value is -1.12. The number of hydrogen-bond acceptors (Lipinski definition) is 3. The number of Topliss-reactive ketones (excluding diaryl/α,β-unsaturated/α-hetero) is 1. The van der Waals surface area contributed by atoms with Crippen LogP contribution in [0.3, 0.4) is 0 Å². The van der Waals surface area contributed by atoms with Gasteiger partial charge in [0.05, 0.1) is 0 Å². The first kappa shape index (κ1) is 9.96. The molecule has 1 heterocycles. The smallest absolute Gasteiger partial charge is 0.317 e. The second-order valence-corrected chi connectivity index (χ2v) is 3.19. The third kappa shape index (κ3) is 1.97. The number of allylic oxidation sites excluding steroid dienone is 1. The van der Waals surface area contributed by atoms with Gasteiger partial charge in [0.2, 0.25) is 0 Å². The summed E-state index contributed by atoms with van der Waals surface area (Å²) in [7, 11) is 0. The molecule has 72 valence electrons. The Bertz CT molecular complexity index is 232. The van der Waals surface area contributed by atoms with Gasteiger partial charge in [-0.05, 0) is 12.8 Å². The monoisotopic (exact) mass is 182 g/mol. The predicted octanol–water partition coefficient (Wildman–Crippen LogP) is 1.47. The Morgan fingerprint density at radius 2 is 2.23 bits per heavy atom. The number of carbonyl (C=O) groups excluding carboxylic acids is 2. The molecular formula is C10H14O3. The van der Waals surface area contributed by atoms with Crippen LogP contribution in [0.15, 0.2) is 12.7 Å². The summed E-state index contributed by atoms with van der Waals surface area (Å²) in [5.41, 5.74) is 0. The van der Waals surface area contributed by atoms with Crippen molar-refractivity contribution >= 4 is 11.8 Å². The highest BCUT2D eigenvalue weighted by Crippen LogP contribution is 2.23. The average molecular weight is 182 g/mol. The molecule has 1 aliphatic heterocycles. The normalized spacial score (nSPS) is 27.5. The summed E-state index contributed by atoms with van der Waals surface area (Å²) < 4.78 is 4.94. The molecule has 3 heteroatoms. The molecule has 0 spiro atoms. The molecule has 3 nitrogen and oxygen atoms in total. The molecule has 1 rings (SSSR count). The summed E-state index contributed by atoms with van der Waals surface area (Å²) in [5, 5.41) is 0. The zero-order chi connectivity index (χ0) is 9.84. The van der Waals surface area contributed by atoms with Crippen LogP contribution >= 0.6 is 0 Å². The van der Waals surface area contributed by atoms with Crippen LogP contribution in [0.1, 0.15) is 26.2 Å². The maximum Gasteiger partial charge on any atom is 0.317 e. The minimum atomic E-state index is -0.589. The lowest BCUT2D eigenvalue weighted by molar-refractivity contribution is -0.144. The van der Waals surface area contributed by atoms with Gasteiger partial charge in [-0.2, -0.15) is 0 Å². The van der Waals surface area contributed by atoms with Gasteiger partial charge in [-0.3, -0.25) is 9.59 Å². The van der Waals surface area contributed by atoms with E-state index in [0.717, 1.165) is 6.42 Å². The van der Waals surface area contributed by atoms with Crippen LogP contribution in [0, 0.1) is 5.92 Å². The Labute approximate surface area is 77.8 Å². The Kier molecular flexibility index (Phi) is 3.23. The van der Waals surface area contributed by atoms with Crippen LogP contribution < -0.4 is 0 Å². The van der Waals surface area contributed by atoms with Crippen molar-refractivity contribution < 1.29 is 14.3 Å². The number of hydrogen-bond donors (Lipinski definition) is 0. The van der Waals surface area contributed by atoms with Crippen molar-refractivity contribution in [2.75, 3.05) is 0 Å². The van der Waals surface area contributed by atoms with E-state index in [2.05, 4.69) is 6.58 Å². The van der Waals surface area contributed by atoms with E-state index < -0.39 is 12.0 Å². The van der Waals surface area contributed by atoms with E-state index in [9.17, 15) is 9.59 Å². The molecule has 0 aliphatic carbocycles. The van der Waals surface area contributed by atoms with Crippen LogP contribution in [-0.2, 0) is 14.3 Å². The summed E-state index contributed by atoms with van der Waals surface area (Å²) in [6.45, 7) is 5.46. The first-order valence-electron chi connectivity index (χ1n) is 4.55. The maximum atomic E-state index is 11.5. The number of ketones is 1. The van der Waals surface area contributed by atoms with E-state index in [1.54, 1.807) is 6.08 Å². The van der Waals surface area contributed by atoms with E-state index >= 15 is 0 Å². The fraction of sp³-hybridized carbons (Fsp3) is 0.600. The molecule has 0 bridgehead atoms. The van der Waals surface area contributed by atoms with Gasteiger partial charge in [-0.1, -0.05) is 19.4 Å². The van der Waals surface area contributed by atoms with Crippen molar-refractivity contribution in [3.05, 3.63) is 12.7 Å². The molecule has 0 aromatic heterocycles. The number of carbonyl (C=O) groups is 2. The van der Waals surface area contributed by atoms with Gasteiger partial charge in [-0.15, -0.1) is 6.58 Å². The Morgan fingerprint density at radius 1 is 1.54 bits per heavy atom. The number of cyclic esters (lactones) is 1. The molecule has 0 N–H and O–H groups in total. The van der Waals surface area contributed by atoms with Crippen LogP contribution in [0.25, 0.3) is 0 Å². The molecule has 1 saturated heterocycles. The summed E-state index contributed by atoms with van der Waals surface area (Å²) in [6, 6.07) is 0. The third-order valence-corrected chi connectivity index (χ3v) is 2.16. The molecule has 0 saturated carbocycles. The topological polar surface area (TPSA) is 43.4 Å². The molecule has 1 aliphatic rings. The molecular weight excluding hydrogens is 168 g/mol. The second kappa shape index (κ2) is 4.21. The predicted molar refractivity (Wildman–Crippen MR) is 48.1 cm³/mol. The highest BCUT2D eigenvalue weighted by Gasteiger charge is 2.41. The lowest BCUT2D eigenvalue weighted by Gasteiger charge is -2.03. The van der Waals surface area contributed by atoms with E-state index in [1.807, 2.05) is 6.92 Å². The third-order valence-electron chi connectivity index (χ3n) is 2.16. The fourth-order valence-electron chi connectivity index (χ4n) is 1.46. The fourth-order valence-corrected chi connectivity index (χ4v) is 1.46. The molecule has 0 unspecified atom stereocenters. The Morgan fingerprint density at radius 3 is 2.77 bits per heavy atom. The van der Waals surface area contributed by atoms with Crippen LogP contribution in [-0.4, -0.2) is 17.9 Å². The van der Waals surface area contributed by atoms with Crippen molar-refractivity contribution in [2.45, 2.75) is 32.3 Å². The summed E-state index contributed by atoms with van der Waals surface area (Å²) in [6.07, 6.45) is 2.97. The standard InChI is InChI=1S/C10H14O3/c1-3-5-7-9(11)8(6-4-2)13-10(7)12/h3,7-8H,1,4-6H2,2H3/t7-,8+/m1/s1. The van der Waals surface area contributed by atoms with Gasteiger partial charge >= 0.3 is 5.97 Å². The van der Waals surface area contributed by atoms with Crippen molar-refractivity contribution in [1.29, 1.82) is 0 Å². The molecule has 0 aromatic rings. The average Bonchev–Trinajstić information content (AvgIpc) is 2.34. The zero-order valence-electron chi connectivity index (χ0n) is 7.79. The van der Waals surface area contributed by atoms with Crippen molar-refractivity contribution in [3.63, 3.8) is 0 Å². The first-order valence-corrected chi connectivity index (χ1v) is 4.55. The first-order chi connectivity index (χ1) is 6.20. The summed E-state index contributed by atoms with van der Waals surface area (Å²) in [5.74, 6) is -1.05. The molecule has 0 radical (unpaired) electrons. The highest BCUT2D eigenvalue weighted by molar-refractivity contribution is 6.06. The van der Waals surface area contributed by atoms with Gasteiger partial charge in [0.15, 0.2) is 11.9 Å². The van der Waals surface area contributed by atoms with Gasteiger partial charge < -0.3 is 4.74 Å². The van der Waals surface area contributed by atoms with E-state index in [4.69, 9.17) is 4.74 Å². The largest absolute Gasteiger partial charge is 0.454 e. The highest BCUT2D eigenvalue weighted by atomic mass is 16.6. The van der Waals surface area contributed by atoms with Crippen molar-refractivity contribution in [2.24, 2.45) is 5.92 Å². The van der Waals surface area contributed by atoms with Gasteiger partial charge in [-0.25, -0.2) is 0 Å². The number of rotatable bonds is 4. The quantitative estimate of drug-likeness (QED) is 0.375. The zero-order valence-corrected chi connectivity index (χ0v) is 7.79.